The molecular formula is C16H23NO3S. The molecule has 4 nitrogen and oxygen atoms in total. The molecule has 1 aromatic heterocycles. The van der Waals surface area contributed by atoms with Crippen molar-refractivity contribution in [3.63, 3.8) is 0 Å². The molecule has 5 heteroatoms. The molecular weight excluding hydrogens is 286 g/mol. The molecule has 1 amide bonds. The summed E-state index contributed by atoms with van der Waals surface area (Å²) in [5, 5.41) is 4.87. The Morgan fingerprint density at radius 3 is 3.00 bits per heavy atom. The molecule has 0 aromatic carbocycles. The maximum Gasteiger partial charge on any atom is 0.223 e. The van der Waals surface area contributed by atoms with Gasteiger partial charge in [0.05, 0.1) is 11.0 Å². The van der Waals surface area contributed by atoms with E-state index in [0.717, 1.165) is 24.1 Å². The molecule has 1 fully saturated rings. The van der Waals surface area contributed by atoms with E-state index < -0.39 is 0 Å². The van der Waals surface area contributed by atoms with Gasteiger partial charge in [0.2, 0.25) is 5.91 Å². The lowest BCUT2D eigenvalue weighted by atomic mass is 9.93. The molecule has 2 heterocycles. The quantitative estimate of drug-likeness (QED) is 0.822. The molecule has 1 aliphatic heterocycles. The van der Waals surface area contributed by atoms with Crippen LogP contribution in [0.1, 0.15) is 49.2 Å². The molecule has 0 aliphatic carbocycles. The number of ether oxygens (including phenoxy) is 1. The minimum absolute atomic E-state index is 0.0167. The normalized spacial score (nSPS) is 23.5. The average Bonchev–Trinajstić information content (AvgIpc) is 3.01. The van der Waals surface area contributed by atoms with Crippen LogP contribution in [0.15, 0.2) is 17.5 Å². The van der Waals surface area contributed by atoms with Crippen LogP contribution in [0.4, 0.5) is 0 Å². The van der Waals surface area contributed by atoms with Gasteiger partial charge in [0.15, 0.2) is 5.78 Å². The first-order valence-electron chi connectivity index (χ1n) is 7.58. The molecule has 1 aromatic rings. The van der Waals surface area contributed by atoms with Gasteiger partial charge in [0.25, 0.3) is 0 Å². The van der Waals surface area contributed by atoms with Gasteiger partial charge in [0, 0.05) is 25.0 Å². The summed E-state index contributed by atoms with van der Waals surface area (Å²) in [6.45, 7) is 4.62. The molecule has 3 atom stereocenters. The van der Waals surface area contributed by atoms with E-state index in [4.69, 9.17) is 4.74 Å². The van der Waals surface area contributed by atoms with Gasteiger partial charge < -0.3 is 10.1 Å². The standard InChI is InChI=1S/C16H23NO3S/c1-3-13-10-12(6-7-20-13)16(19)17-11(2)9-14(18)15-5-4-8-21-15/h4-5,8,11-13H,3,6-7,9-10H2,1-2H3,(H,17,19)/t11-,12+,13+/m0/s1. The second-order valence-corrected chi connectivity index (χ2v) is 6.58. The van der Waals surface area contributed by atoms with E-state index in [1.165, 1.54) is 11.3 Å². The van der Waals surface area contributed by atoms with Gasteiger partial charge in [-0.05, 0) is 37.6 Å². The van der Waals surface area contributed by atoms with E-state index in [0.29, 0.717) is 13.0 Å². The molecule has 0 radical (unpaired) electrons. The first-order chi connectivity index (χ1) is 10.1. The Morgan fingerprint density at radius 1 is 1.52 bits per heavy atom. The smallest absolute Gasteiger partial charge is 0.223 e. The summed E-state index contributed by atoms with van der Waals surface area (Å²) in [5.74, 6) is 0.169. The Labute approximate surface area is 129 Å². The third kappa shape index (κ3) is 4.64. The number of nitrogens with one attached hydrogen (secondary N) is 1. The van der Waals surface area contributed by atoms with Crippen molar-refractivity contribution in [1.82, 2.24) is 5.32 Å². The van der Waals surface area contributed by atoms with Gasteiger partial charge in [-0.1, -0.05) is 13.0 Å². The van der Waals surface area contributed by atoms with Gasteiger partial charge >= 0.3 is 0 Å². The summed E-state index contributed by atoms with van der Waals surface area (Å²) < 4.78 is 5.59. The van der Waals surface area contributed by atoms with E-state index in [2.05, 4.69) is 12.2 Å². The largest absolute Gasteiger partial charge is 0.378 e. The number of carbonyl (C=O) groups is 2. The summed E-state index contributed by atoms with van der Waals surface area (Å²) in [6.07, 6.45) is 3.04. The van der Waals surface area contributed by atoms with Crippen LogP contribution in [-0.4, -0.2) is 30.4 Å². The van der Waals surface area contributed by atoms with Crippen LogP contribution in [0, 0.1) is 5.92 Å². The number of carbonyl (C=O) groups excluding carboxylic acids is 2. The molecule has 21 heavy (non-hydrogen) atoms. The van der Waals surface area contributed by atoms with Crippen LogP contribution in [0.25, 0.3) is 0 Å². The van der Waals surface area contributed by atoms with Crippen molar-refractivity contribution in [3.05, 3.63) is 22.4 Å². The zero-order valence-electron chi connectivity index (χ0n) is 12.6. The Balaban J connectivity index is 1.80. The predicted octanol–water partition coefficient (Wildman–Crippen LogP) is 3.03. The van der Waals surface area contributed by atoms with Crippen molar-refractivity contribution in [2.24, 2.45) is 5.92 Å². The summed E-state index contributed by atoms with van der Waals surface area (Å²) in [4.78, 5) is 25.0. The molecule has 0 bridgehead atoms. The summed E-state index contributed by atoms with van der Waals surface area (Å²) >= 11 is 1.44. The number of Topliss-reactive ketones (excluding diaryl/α,β-unsaturated/α-hetero) is 1. The van der Waals surface area contributed by atoms with Crippen molar-refractivity contribution in [2.45, 2.75) is 51.7 Å². The van der Waals surface area contributed by atoms with Gasteiger partial charge in [-0.2, -0.15) is 0 Å². The fraction of sp³-hybridized carbons (Fsp3) is 0.625. The highest BCUT2D eigenvalue weighted by atomic mass is 32.1. The number of amides is 1. The van der Waals surface area contributed by atoms with Crippen LogP contribution in [0.5, 0.6) is 0 Å². The van der Waals surface area contributed by atoms with E-state index in [-0.39, 0.29) is 29.8 Å². The zero-order valence-corrected chi connectivity index (χ0v) is 13.4. The van der Waals surface area contributed by atoms with Crippen LogP contribution in [0.2, 0.25) is 0 Å². The van der Waals surface area contributed by atoms with Gasteiger partial charge in [-0.3, -0.25) is 9.59 Å². The lowest BCUT2D eigenvalue weighted by Gasteiger charge is -2.29. The van der Waals surface area contributed by atoms with E-state index in [1.54, 1.807) is 0 Å². The minimum atomic E-state index is -0.130. The predicted molar refractivity (Wildman–Crippen MR) is 83.6 cm³/mol. The highest BCUT2D eigenvalue weighted by Crippen LogP contribution is 2.22. The molecule has 116 valence electrons. The minimum Gasteiger partial charge on any atom is -0.378 e. The Kier molecular flexibility index (Phi) is 5.94. The lowest BCUT2D eigenvalue weighted by Crippen LogP contribution is -2.41. The fourth-order valence-corrected chi connectivity index (χ4v) is 3.31. The van der Waals surface area contributed by atoms with Crippen molar-refractivity contribution < 1.29 is 14.3 Å². The van der Waals surface area contributed by atoms with Gasteiger partial charge in [-0.25, -0.2) is 0 Å². The van der Waals surface area contributed by atoms with Crippen molar-refractivity contribution in [3.8, 4) is 0 Å². The third-order valence-electron chi connectivity index (χ3n) is 3.87. The monoisotopic (exact) mass is 309 g/mol. The topological polar surface area (TPSA) is 55.4 Å². The average molecular weight is 309 g/mol. The SMILES string of the molecule is CC[C@@H]1C[C@H](C(=O)N[C@@H](C)CC(=O)c2cccs2)CCO1. The number of hydrogen-bond acceptors (Lipinski definition) is 4. The van der Waals surface area contributed by atoms with Gasteiger partial charge in [-0.15, -0.1) is 11.3 Å². The lowest BCUT2D eigenvalue weighted by molar-refractivity contribution is -0.130. The molecule has 0 spiro atoms. The molecule has 0 unspecified atom stereocenters. The Hall–Kier alpha value is -1.20. The number of ketones is 1. The highest BCUT2D eigenvalue weighted by Gasteiger charge is 2.28. The van der Waals surface area contributed by atoms with E-state index in [1.807, 2.05) is 24.4 Å². The fourth-order valence-electron chi connectivity index (χ4n) is 2.63. The second-order valence-electron chi connectivity index (χ2n) is 5.64. The molecule has 1 N–H and O–H groups in total. The Bertz CT molecular complexity index is 472. The zero-order chi connectivity index (χ0) is 15.2. The highest BCUT2D eigenvalue weighted by molar-refractivity contribution is 7.12. The first-order valence-corrected chi connectivity index (χ1v) is 8.46. The molecule has 0 saturated carbocycles. The molecule has 1 saturated heterocycles. The number of hydrogen-bond donors (Lipinski definition) is 1. The molecule has 2 rings (SSSR count). The number of thiophene rings is 1. The van der Waals surface area contributed by atoms with Crippen molar-refractivity contribution in [2.75, 3.05) is 6.61 Å². The van der Waals surface area contributed by atoms with Crippen LogP contribution in [-0.2, 0) is 9.53 Å². The van der Waals surface area contributed by atoms with Crippen LogP contribution < -0.4 is 5.32 Å². The third-order valence-corrected chi connectivity index (χ3v) is 4.78. The van der Waals surface area contributed by atoms with Crippen LogP contribution in [0.3, 0.4) is 0 Å². The van der Waals surface area contributed by atoms with Gasteiger partial charge in [0.1, 0.15) is 0 Å². The first kappa shape index (κ1) is 16.2. The number of rotatable bonds is 6. The summed E-state index contributed by atoms with van der Waals surface area (Å²) in [6, 6.07) is 3.56. The van der Waals surface area contributed by atoms with Crippen molar-refractivity contribution in [1.29, 1.82) is 0 Å². The van der Waals surface area contributed by atoms with E-state index in [9.17, 15) is 9.59 Å². The second kappa shape index (κ2) is 7.71. The van der Waals surface area contributed by atoms with Crippen molar-refractivity contribution >= 4 is 23.0 Å². The maximum atomic E-state index is 12.3. The van der Waals surface area contributed by atoms with Crippen LogP contribution >= 0.6 is 11.3 Å². The maximum absolute atomic E-state index is 12.3. The van der Waals surface area contributed by atoms with E-state index >= 15 is 0 Å². The Morgan fingerprint density at radius 2 is 2.33 bits per heavy atom. The summed E-state index contributed by atoms with van der Waals surface area (Å²) in [7, 11) is 0. The summed E-state index contributed by atoms with van der Waals surface area (Å²) in [5.41, 5.74) is 0. The molecule has 1 aliphatic rings.